The van der Waals surface area contributed by atoms with E-state index in [9.17, 15) is 9.59 Å². The van der Waals surface area contributed by atoms with Crippen LogP contribution in [0.25, 0.3) is 0 Å². The highest BCUT2D eigenvalue weighted by Crippen LogP contribution is 2.28. The van der Waals surface area contributed by atoms with Gasteiger partial charge in [0, 0.05) is 26.2 Å². The Morgan fingerprint density at radius 3 is 2.52 bits per heavy atom. The minimum Gasteiger partial charge on any atom is -0.492 e. The van der Waals surface area contributed by atoms with Gasteiger partial charge in [-0.1, -0.05) is 23.7 Å². The van der Waals surface area contributed by atoms with E-state index in [0.717, 1.165) is 5.69 Å². The first-order valence-electron chi connectivity index (χ1n) is 9.49. The van der Waals surface area contributed by atoms with Gasteiger partial charge in [-0.15, -0.1) is 0 Å². The lowest BCUT2D eigenvalue weighted by molar-refractivity contribution is -0.117. The van der Waals surface area contributed by atoms with Crippen LogP contribution in [0.3, 0.4) is 0 Å². The number of anilines is 2. The fraction of sp³-hybridized carbons (Fsp3) is 0.333. The number of aromatic carboxylic acids is 1. The molecule has 154 valence electrons. The molecule has 0 unspecified atom stereocenters. The molecule has 0 spiro atoms. The predicted molar refractivity (Wildman–Crippen MR) is 113 cm³/mol. The van der Waals surface area contributed by atoms with Crippen molar-refractivity contribution in [2.24, 2.45) is 0 Å². The molecule has 0 saturated carbocycles. The summed E-state index contributed by atoms with van der Waals surface area (Å²) >= 11 is 6.26. The van der Waals surface area contributed by atoms with Gasteiger partial charge in [-0.25, -0.2) is 4.79 Å². The number of nitrogens with zero attached hydrogens (tertiary/aromatic N) is 2. The molecule has 0 aromatic heterocycles. The quantitative estimate of drug-likeness (QED) is 0.720. The third-order valence-electron chi connectivity index (χ3n) is 4.74. The molecule has 1 fully saturated rings. The van der Waals surface area contributed by atoms with Gasteiger partial charge >= 0.3 is 5.97 Å². The van der Waals surface area contributed by atoms with Crippen LogP contribution < -0.4 is 15.0 Å². The fourth-order valence-electron chi connectivity index (χ4n) is 3.29. The standard InChI is InChI=1S/C21H24ClN3O4/c1-2-29-19-6-4-3-5-17(19)23-20(26)14-24-9-11-25(12-10-24)18-8-7-15(21(27)28)13-16(18)22/h3-8,13H,2,9-12,14H2,1H3,(H,23,26)(H,27,28). The van der Waals surface area contributed by atoms with Gasteiger partial charge in [0.05, 0.1) is 35.1 Å². The first kappa shape index (κ1) is 21.0. The molecular weight excluding hydrogens is 394 g/mol. The van der Waals surface area contributed by atoms with Gasteiger partial charge < -0.3 is 20.1 Å². The van der Waals surface area contributed by atoms with Gasteiger partial charge in [-0.05, 0) is 37.3 Å². The molecule has 3 rings (SSSR count). The first-order chi connectivity index (χ1) is 14.0. The Hall–Kier alpha value is -2.77. The zero-order chi connectivity index (χ0) is 20.8. The second kappa shape index (κ2) is 9.62. The molecule has 1 aliphatic heterocycles. The fourth-order valence-corrected chi connectivity index (χ4v) is 3.59. The Bertz CT molecular complexity index is 882. The number of ether oxygens (including phenoxy) is 1. The van der Waals surface area contributed by atoms with Crippen LogP contribution in [-0.4, -0.2) is 61.2 Å². The number of para-hydroxylation sites is 2. The van der Waals surface area contributed by atoms with Gasteiger partial charge in [0.15, 0.2) is 0 Å². The number of carboxylic acid groups (broad SMARTS) is 1. The average molecular weight is 418 g/mol. The van der Waals surface area contributed by atoms with Crippen molar-refractivity contribution in [1.29, 1.82) is 0 Å². The molecule has 1 saturated heterocycles. The third-order valence-corrected chi connectivity index (χ3v) is 5.04. The van der Waals surface area contributed by atoms with Crippen molar-refractivity contribution in [3.63, 3.8) is 0 Å². The number of hydrogen-bond donors (Lipinski definition) is 2. The third kappa shape index (κ3) is 5.40. The van der Waals surface area contributed by atoms with Crippen LogP contribution in [0.5, 0.6) is 5.75 Å². The zero-order valence-corrected chi connectivity index (χ0v) is 17.0. The minimum absolute atomic E-state index is 0.0885. The molecule has 2 N–H and O–H groups in total. The lowest BCUT2D eigenvalue weighted by atomic mass is 10.1. The summed E-state index contributed by atoms with van der Waals surface area (Å²) in [5.41, 5.74) is 1.65. The van der Waals surface area contributed by atoms with E-state index in [1.165, 1.54) is 6.07 Å². The highest BCUT2D eigenvalue weighted by Gasteiger charge is 2.21. The van der Waals surface area contributed by atoms with E-state index < -0.39 is 5.97 Å². The van der Waals surface area contributed by atoms with E-state index in [1.807, 2.05) is 31.2 Å². The Kier molecular flexibility index (Phi) is 6.95. The molecule has 1 heterocycles. The van der Waals surface area contributed by atoms with E-state index in [1.54, 1.807) is 12.1 Å². The van der Waals surface area contributed by atoms with Crippen molar-refractivity contribution in [3.05, 3.63) is 53.1 Å². The van der Waals surface area contributed by atoms with Crippen molar-refractivity contribution in [2.45, 2.75) is 6.92 Å². The summed E-state index contributed by atoms with van der Waals surface area (Å²) in [6.07, 6.45) is 0. The molecule has 8 heteroatoms. The van der Waals surface area contributed by atoms with Gasteiger partial charge in [0.25, 0.3) is 0 Å². The topological polar surface area (TPSA) is 82.1 Å². The number of benzene rings is 2. The van der Waals surface area contributed by atoms with Gasteiger partial charge in [-0.3, -0.25) is 9.69 Å². The van der Waals surface area contributed by atoms with Crippen molar-refractivity contribution >= 4 is 34.9 Å². The van der Waals surface area contributed by atoms with Crippen molar-refractivity contribution in [1.82, 2.24) is 4.90 Å². The number of rotatable bonds is 7. The van der Waals surface area contributed by atoms with Crippen LogP contribution in [0.4, 0.5) is 11.4 Å². The van der Waals surface area contributed by atoms with E-state index in [-0.39, 0.29) is 11.5 Å². The van der Waals surface area contributed by atoms with Gasteiger partial charge in [0.1, 0.15) is 5.75 Å². The first-order valence-corrected chi connectivity index (χ1v) is 9.87. The van der Waals surface area contributed by atoms with Crippen LogP contribution >= 0.6 is 11.6 Å². The Morgan fingerprint density at radius 2 is 1.86 bits per heavy atom. The molecule has 7 nitrogen and oxygen atoms in total. The molecule has 2 aromatic carbocycles. The number of nitrogens with one attached hydrogen (secondary N) is 1. The number of carboxylic acids is 1. The van der Waals surface area contributed by atoms with Crippen LogP contribution in [0.2, 0.25) is 5.02 Å². The second-order valence-electron chi connectivity index (χ2n) is 6.71. The highest BCUT2D eigenvalue weighted by molar-refractivity contribution is 6.33. The van der Waals surface area contributed by atoms with E-state index in [0.29, 0.717) is 55.8 Å². The lowest BCUT2D eigenvalue weighted by Crippen LogP contribution is -2.48. The maximum Gasteiger partial charge on any atom is 0.335 e. The zero-order valence-electron chi connectivity index (χ0n) is 16.2. The van der Waals surface area contributed by atoms with E-state index in [2.05, 4.69) is 15.1 Å². The molecule has 0 radical (unpaired) electrons. The van der Waals surface area contributed by atoms with Gasteiger partial charge in [-0.2, -0.15) is 0 Å². The summed E-state index contributed by atoms with van der Waals surface area (Å²) in [5.74, 6) is -0.428. The van der Waals surface area contributed by atoms with Crippen LogP contribution in [0.1, 0.15) is 17.3 Å². The highest BCUT2D eigenvalue weighted by atomic mass is 35.5. The maximum absolute atomic E-state index is 12.4. The number of halogens is 1. The maximum atomic E-state index is 12.4. The Balaban J connectivity index is 1.54. The lowest BCUT2D eigenvalue weighted by Gasteiger charge is -2.36. The molecule has 29 heavy (non-hydrogen) atoms. The van der Waals surface area contributed by atoms with E-state index in [4.69, 9.17) is 21.4 Å². The Morgan fingerprint density at radius 1 is 1.14 bits per heavy atom. The molecule has 0 atom stereocenters. The van der Waals surface area contributed by atoms with Gasteiger partial charge in [0.2, 0.25) is 5.91 Å². The molecular formula is C21H24ClN3O4. The van der Waals surface area contributed by atoms with Crippen molar-refractivity contribution in [2.75, 3.05) is 49.5 Å². The number of amides is 1. The van der Waals surface area contributed by atoms with Crippen molar-refractivity contribution < 1.29 is 19.4 Å². The number of hydrogen-bond acceptors (Lipinski definition) is 5. The average Bonchev–Trinajstić information content (AvgIpc) is 2.70. The van der Waals surface area contributed by atoms with Crippen LogP contribution in [0, 0.1) is 0 Å². The summed E-state index contributed by atoms with van der Waals surface area (Å²) in [7, 11) is 0. The number of piperazine rings is 1. The second-order valence-corrected chi connectivity index (χ2v) is 7.12. The molecule has 0 bridgehead atoms. The van der Waals surface area contributed by atoms with Crippen LogP contribution in [-0.2, 0) is 4.79 Å². The summed E-state index contributed by atoms with van der Waals surface area (Å²) < 4.78 is 5.54. The summed E-state index contributed by atoms with van der Waals surface area (Å²) in [5, 5.41) is 12.4. The predicted octanol–water partition coefficient (Wildman–Crippen LogP) is 3.20. The van der Waals surface area contributed by atoms with Crippen LogP contribution in [0.15, 0.2) is 42.5 Å². The molecule has 1 amide bonds. The SMILES string of the molecule is CCOc1ccccc1NC(=O)CN1CCN(c2ccc(C(=O)O)cc2Cl)CC1. The molecule has 2 aromatic rings. The largest absolute Gasteiger partial charge is 0.492 e. The molecule has 0 aliphatic carbocycles. The van der Waals surface area contributed by atoms with E-state index >= 15 is 0 Å². The smallest absolute Gasteiger partial charge is 0.335 e. The normalized spacial score (nSPS) is 14.5. The number of carbonyl (C=O) groups is 2. The summed E-state index contributed by atoms with van der Waals surface area (Å²) in [4.78, 5) is 27.7. The number of carbonyl (C=O) groups excluding carboxylic acids is 1. The summed E-state index contributed by atoms with van der Waals surface area (Å²) in [6.45, 7) is 5.55. The van der Waals surface area contributed by atoms with Crippen molar-refractivity contribution in [3.8, 4) is 5.75 Å². The minimum atomic E-state index is -1.000. The Labute approximate surface area is 174 Å². The molecule has 1 aliphatic rings. The monoisotopic (exact) mass is 417 g/mol. The summed E-state index contributed by atoms with van der Waals surface area (Å²) in [6, 6.07) is 12.1.